The van der Waals surface area contributed by atoms with E-state index in [1.54, 1.807) is 19.9 Å². The maximum atomic E-state index is 15.1. The van der Waals surface area contributed by atoms with Crippen LogP contribution < -0.4 is 10.2 Å². The number of esters is 1. The zero-order valence-corrected chi connectivity index (χ0v) is 22.2. The van der Waals surface area contributed by atoms with Gasteiger partial charge in [-0.2, -0.15) is 10.1 Å². The summed E-state index contributed by atoms with van der Waals surface area (Å²) in [6.07, 6.45) is 4.28. The Morgan fingerprint density at radius 1 is 1.36 bits per heavy atom. The van der Waals surface area contributed by atoms with Gasteiger partial charge in [0.1, 0.15) is 0 Å². The van der Waals surface area contributed by atoms with E-state index >= 15 is 4.39 Å². The van der Waals surface area contributed by atoms with Crippen LogP contribution in [-0.2, 0) is 15.8 Å². The van der Waals surface area contributed by atoms with Gasteiger partial charge in [-0.25, -0.2) is 14.2 Å². The lowest BCUT2D eigenvalue weighted by atomic mass is 9.82. The average molecular weight is 525 g/mol. The molecule has 4 atom stereocenters. The second-order valence-electron chi connectivity index (χ2n) is 8.89. The quantitative estimate of drug-likeness (QED) is 0.391. The SMILES string of the molecule is CCOC(=O)c1nc(N(C)C2CC(CC)N3CCC3C2)nc(Nc2cc(C)[nH]n2)c1F.CCS(=O)[O-]. The Hall–Kier alpha value is -2.64. The summed E-state index contributed by atoms with van der Waals surface area (Å²) in [7, 11) is 1.91. The summed E-state index contributed by atoms with van der Waals surface area (Å²) in [6.45, 7) is 8.61. The molecule has 4 heterocycles. The molecular weight excluding hydrogens is 489 g/mol. The molecule has 2 aromatic rings. The van der Waals surface area contributed by atoms with Gasteiger partial charge < -0.3 is 19.5 Å². The van der Waals surface area contributed by atoms with Gasteiger partial charge in [0.25, 0.3) is 0 Å². The van der Waals surface area contributed by atoms with E-state index in [0.717, 1.165) is 31.5 Å². The lowest BCUT2D eigenvalue weighted by Gasteiger charge is -2.53. The Kier molecular flexibility index (Phi) is 9.74. The van der Waals surface area contributed by atoms with Crippen LogP contribution in [0, 0.1) is 12.7 Å². The molecule has 36 heavy (non-hydrogen) atoms. The van der Waals surface area contributed by atoms with E-state index in [1.807, 2.05) is 18.9 Å². The minimum Gasteiger partial charge on any atom is -0.772 e. The summed E-state index contributed by atoms with van der Waals surface area (Å²) < 4.78 is 38.9. The third-order valence-electron chi connectivity index (χ3n) is 6.58. The molecule has 2 saturated heterocycles. The molecule has 11 nitrogen and oxygen atoms in total. The van der Waals surface area contributed by atoms with E-state index in [2.05, 4.69) is 37.3 Å². The van der Waals surface area contributed by atoms with Crippen molar-refractivity contribution >= 4 is 34.6 Å². The van der Waals surface area contributed by atoms with E-state index < -0.39 is 22.9 Å². The lowest BCUT2D eigenvalue weighted by molar-refractivity contribution is -0.00728. The van der Waals surface area contributed by atoms with Crippen LogP contribution in [0.2, 0.25) is 0 Å². The van der Waals surface area contributed by atoms with Crippen molar-refractivity contribution in [3.8, 4) is 0 Å². The highest BCUT2D eigenvalue weighted by molar-refractivity contribution is 7.79. The number of halogens is 1. The minimum atomic E-state index is -1.82. The first kappa shape index (κ1) is 27.9. The number of hydrogen-bond acceptors (Lipinski definition) is 10. The van der Waals surface area contributed by atoms with Crippen molar-refractivity contribution in [3.63, 3.8) is 0 Å². The standard InChI is InChI=1S/C21H30FN7O2.C2H6O2S/c1-5-13-10-15(11-14-7-8-29(13)14)28(4)21-24-18(20(30)31-6-2)17(22)19(25-21)23-16-9-12(3)26-27-16;1-2-5(3)4/h9,13-15H,5-8,10-11H2,1-4H3,(H2,23,24,25,26,27);2H2,1H3,(H,3,4)/p-1. The summed E-state index contributed by atoms with van der Waals surface area (Å²) in [5, 5.41) is 9.74. The minimum absolute atomic E-state index is 0.0977. The van der Waals surface area contributed by atoms with Crippen molar-refractivity contribution in [3.05, 3.63) is 23.3 Å². The summed E-state index contributed by atoms with van der Waals surface area (Å²) >= 11 is -1.82. The van der Waals surface area contributed by atoms with Gasteiger partial charge in [0.2, 0.25) is 5.95 Å². The summed E-state index contributed by atoms with van der Waals surface area (Å²) in [5.41, 5.74) is 0.444. The molecule has 2 aliphatic rings. The molecule has 200 valence electrons. The number of carbonyl (C=O) groups is 1. The third kappa shape index (κ3) is 6.56. The zero-order chi connectivity index (χ0) is 26.4. The molecule has 0 saturated carbocycles. The average Bonchev–Trinajstić information content (AvgIpc) is 3.25. The molecule has 4 rings (SSSR count). The smallest absolute Gasteiger partial charge is 0.360 e. The number of ether oxygens (including phenoxy) is 1. The van der Waals surface area contributed by atoms with Crippen LogP contribution in [0.4, 0.5) is 22.0 Å². The number of nitrogens with one attached hydrogen (secondary N) is 2. The van der Waals surface area contributed by atoms with Gasteiger partial charge in [0.05, 0.1) is 6.61 Å². The number of piperidine rings is 1. The fourth-order valence-corrected chi connectivity index (χ4v) is 4.55. The van der Waals surface area contributed by atoms with Gasteiger partial charge in [-0.1, -0.05) is 24.9 Å². The summed E-state index contributed by atoms with van der Waals surface area (Å²) in [4.78, 5) is 25.6. The number of aromatic amines is 1. The number of aryl methyl sites for hydroxylation is 1. The number of anilines is 3. The van der Waals surface area contributed by atoms with Crippen LogP contribution in [0.1, 0.15) is 62.6 Å². The van der Waals surface area contributed by atoms with E-state index in [1.165, 1.54) is 6.42 Å². The van der Waals surface area contributed by atoms with Gasteiger partial charge in [0.15, 0.2) is 23.1 Å². The van der Waals surface area contributed by atoms with Crippen molar-refractivity contribution in [1.29, 1.82) is 0 Å². The Balaban J connectivity index is 0.000000658. The Labute approximate surface area is 213 Å². The van der Waals surface area contributed by atoms with Crippen molar-refractivity contribution in [2.24, 2.45) is 0 Å². The maximum absolute atomic E-state index is 15.1. The first-order chi connectivity index (χ1) is 17.2. The molecule has 0 bridgehead atoms. The molecule has 2 aromatic heterocycles. The Morgan fingerprint density at radius 3 is 2.61 bits per heavy atom. The molecule has 13 heteroatoms. The van der Waals surface area contributed by atoms with E-state index in [9.17, 15) is 13.6 Å². The predicted molar refractivity (Wildman–Crippen MR) is 135 cm³/mol. The lowest BCUT2D eigenvalue weighted by Crippen LogP contribution is -2.61. The molecule has 0 aromatic carbocycles. The first-order valence-electron chi connectivity index (χ1n) is 12.3. The molecule has 0 radical (unpaired) electrons. The number of hydrogen-bond donors (Lipinski definition) is 2. The summed E-state index contributed by atoms with van der Waals surface area (Å²) in [6, 6.07) is 3.04. The normalized spacial score (nSPS) is 21.9. The second-order valence-corrected chi connectivity index (χ2v) is 10.1. The topological polar surface area (TPSA) is 139 Å². The van der Waals surface area contributed by atoms with E-state index in [0.29, 0.717) is 23.8 Å². The number of carbonyl (C=O) groups excluding carboxylic acids is 1. The number of fused-ring (bicyclic) bond motifs is 1. The maximum Gasteiger partial charge on any atom is 0.360 e. The Bertz CT molecular complexity index is 1070. The molecule has 4 unspecified atom stereocenters. The highest BCUT2D eigenvalue weighted by Crippen LogP contribution is 2.36. The molecule has 0 spiro atoms. The molecule has 2 N–H and O–H groups in total. The van der Waals surface area contributed by atoms with Gasteiger partial charge in [-0.3, -0.25) is 14.2 Å². The van der Waals surface area contributed by atoms with Gasteiger partial charge >= 0.3 is 5.97 Å². The number of rotatable bonds is 8. The van der Waals surface area contributed by atoms with Crippen molar-refractivity contribution in [1.82, 2.24) is 25.1 Å². The number of aromatic nitrogens is 4. The van der Waals surface area contributed by atoms with Gasteiger partial charge in [-0.05, 0) is 39.5 Å². The number of H-pyrrole nitrogens is 1. The zero-order valence-electron chi connectivity index (χ0n) is 21.4. The summed E-state index contributed by atoms with van der Waals surface area (Å²) in [5.74, 6) is -0.825. The van der Waals surface area contributed by atoms with E-state index in [4.69, 9.17) is 4.74 Å². The molecule has 0 aliphatic carbocycles. The van der Waals surface area contributed by atoms with Crippen LogP contribution in [0.25, 0.3) is 0 Å². The van der Waals surface area contributed by atoms with Crippen molar-refractivity contribution in [2.75, 3.05) is 36.2 Å². The van der Waals surface area contributed by atoms with Gasteiger partial charge in [0, 0.05) is 49.2 Å². The third-order valence-corrected chi connectivity index (χ3v) is 7.05. The highest BCUT2D eigenvalue weighted by atomic mass is 32.2. The van der Waals surface area contributed by atoms with Crippen LogP contribution in [0.15, 0.2) is 6.07 Å². The monoisotopic (exact) mass is 524 g/mol. The molecule has 2 fully saturated rings. The molecule has 2 aliphatic heterocycles. The Morgan fingerprint density at radius 2 is 2.08 bits per heavy atom. The van der Waals surface area contributed by atoms with Crippen LogP contribution in [-0.4, -0.2) is 83.9 Å². The van der Waals surface area contributed by atoms with Gasteiger partial charge in [-0.15, -0.1) is 0 Å². The number of nitrogens with zero attached hydrogens (tertiary/aromatic N) is 5. The first-order valence-corrected chi connectivity index (χ1v) is 13.5. The van der Waals surface area contributed by atoms with Crippen molar-refractivity contribution in [2.45, 2.75) is 71.5 Å². The van der Waals surface area contributed by atoms with E-state index in [-0.39, 0.29) is 29.9 Å². The fourth-order valence-electron chi connectivity index (χ4n) is 4.55. The second kappa shape index (κ2) is 12.5. The highest BCUT2D eigenvalue weighted by Gasteiger charge is 2.41. The molecule has 0 amide bonds. The predicted octanol–water partition coefficient (Wildman–Crippen LogP) is 2.90. The fraction of sp³-hybridized carbons (Fsp3) is 0.652. The van der Waals surface area contributed by atoms with Crippen molar-refractivity contribution < 1.29 is 22.7 Å². The van der Waals surface area contributed by atoms with Crippen LogP contribution in [0.5, 0.6) is 0 Å². The molecular formula is C23H35FN7O4S-. The van der Waals surface area contributed by atoms with Crippen LogP contribution >= 0.6 is 0 Å². The van der Waals surface area contributed by atoms with Crippen LogP contribution in [0.3, 0.4) is 0 Å². The largest absolute Gasteiger partial charge is 0.772 e.